The lowest BCUT2D eigenvalue weighted by atomic mass is 10.00. The smallest absolute Gasteiger partial charge is 0.154 e. The fraction of sp³-hybridized carbons (Fsp3) is 0.0500. The van der Waals surface area contributed by atoms with Gasteiger partial charge in [0.2, 0.25) is 0 Å². The minimum atomic E-state index is 0.715. The van der Waals surface area contributed by atoms with E-state index in [9.17, 15) is 0 Å². The Bertz CT molecular complexity index is 925. The normalized spacial score (nSPS) is 13.2. The van der Waals surface area contributed by atoms with Crippen LogP contribution >= 0.6 is 0 Å². The van der Waals surface area contributed by atoms with Gasteiger partial charge in [-0.2, -0.15) is 5.10 Å². The second-order valence-corrected chi connectivity index (χ2v) is 5.65. The van der Waals surface area contributed by atoms with Crippen LogP contribution < -0.4 is 5.43 Å². The third kappa shape index (κ3) is 2.70. The minimum absolute atomic E-state index is 0.715. The number of aromatic nitrogens is 1. The van der Waals surface area contributed by atoms with Crippen LogP contribution in [0.4, 0.5) is 5.69 Å². The van der Waals surface area contributed by atoms with E-state index in [1.807, 2.05) is 30.3 Å². The number of pyridine rings is 1. The second-order valence-electron chi connectivity index (χ2n) is 5.65. The number of benzene rings is 2. The zero-order valence-electron chi connectivity index (χ0n) is 13.3. The summed E-state index contributed by atoms with van der Waals surface area (Å²) in [6.45, 7) is 2.08. The summed E-state index contributed by atoms with van der Waals surface area (Å²) < 4.78 is 0. The predicted octanol–water partition coefficient (Wildman–Crippen LogP) is 3.82. The maximum atomic E-state index is 4.77. The summed E-state index contributed by atoms with van der Waals surface area (Å²) in [5, 5.41) is 4.64. The van der Waals surface area contributed by atoms with Crippen LogP contribution in [0.1, 0.15) is 22.3 Å². The molecule has 0 amide bonds. The van der Waals surface area contributed by atoms with Crippen LogP contribution in [0.5, 0.6) is 0 Å². The molecule has 0 radical (unpaired) electrons. The number of aryl methyl sites for hydroxylation is 1. The summed E-state index contributed by atoms with van der Waals surface area (Å²) in [4.78, 5) is 8.83. The van der Waals surface area contributed by atoms with Gasteiger partial charge in [-0.25, -0.2) is 4.99 Å². The minimum Gasteiger partial charge on any atom is -0.265 e. The van der Waals surface area contributed by atoms with Gasteiger partial charge in [0.1, 0.15) is 0 Å². The van der Waals surface area contributed by atoms with Gasteiger partial charge in [-0.15, -0.1) is 0 Å². The number of nitrogens with zero attached hydrogens (tertiary/aromatic N) is 3. The molecule has 1 aromatic heterocycles. The monoisotopic (exact) mass is 312 g/mol. The third-order valence-electron chi connectivity index (χ3n) is 3.94. The van der Waals surface area contributed by atoms with E-state index in [-0.39, 0.29) is 0 Å². The summed E-state index contributed by atoms with van der Waals surface area (Å²) in [5.74, 6) is 0.715. The Kier molecular flexibility index (Phi) is 3.63. The van der Waals surface area contributed by atoms with Crippen molar-refractivity contribution >= 4 is 17.2 Å². The Morgan fingerprint density at radius 3 is 2.33 bits per heavy atom. The Balaban J connectivity index is 1.85. The molecule has 0 fully saturated rings. The molecule has 1 aliphatic rings. The van der Waals surface area contributed by atoms with Crippen molar-refractivity contribution in [2.24, 2.45) is 10.1 Å². The van der Waals surface area contributed by atoms with E-state index in [4.69, 9.17) is 4.99 Å². The molecule has 4 rings (SSSR count). The molecule has 4 heteroatoms. The highest BCUT2D eigenvalue weighted by Gasteiger charge is 2.16. The summed E-state index contributed by atoms with van der Waals surface area (Å²) in [7, 11) is 0. The first-order chi connectivity index (χ1) is 11.8. The first kappa shape index (κ1) is 14.3. The molecule has 0 saturated heterocycles. The van der Waals surface area contributed by atoms with Crippen molar-refractivity contribution in [3.05, 3.63) is 95.3 Å². The average Bonchev–Trinajstić information content (AvgIpc) is 2.83. The molecular formula is C20H16N4. The number of rotatable bonds is 2. The van der Waals surface area contributed by atoms with E-state index < -0.39 is 0 Å². The van der Waals surface area contributed by atoms with Crippen LogP contribution in [-0.2, 0) is 0 Å². The molecule has 0 aliphatic carbocycles. The number of aliphatic imine (C=N–C) groups is 1. The van der Waals surface area contributed by atoms with Gasteiger partial charge in [-0.3, -0.25) is 10.4 Å². The Hall–Kier alpha value is -3.27. The maximum absolute atomic E-state index is 4.77. The fourth-order valence-electron chi connectivity index (χ4n) is 2.66. The van der Waals surface area contributed by atoms with Gasteiger partial charge in [0.05, 0.1) is 11.4 Å². The van der Waals surface area contributed by atoms with E-state index in [0.29, 0.717) is 5.84 Å². The van der Waals surface area contributed by atoms with E-state index >= 15 is 0 Å². The molecule has 0 spiro atoms. The van der Waals surface area contributed by atoms with Crippen LogP contribution in [0.15, 0.2) is 83.2 Å². The van der Waals surface area contributed by atoms with Crippen molar-refractivity contribution in [3.8, 4) is 0 Å². The van der Waals surface area contributed by atoms with Crippen LogP contribution in [-0.4, -0.2) is 16.5 Å². The van der Waals surface area contributed by atoms with E-state index in [1.165, 1.54) is 5.56 Å². The van der Waals surface area contributed by atoms with Gasteiger partial charge < -0.3 is 0 Å². The quantitative estimate of drug-likeness (QED) is 0.782. The highest BCUT2D eigenvalue weighted by atomic mass is 15.3. The van der Waals surface area contributed by atoms with Crippen LogP contribution in [0.25, 0.3) is 0 Å². The lowest BCUT2D eigenvalue weighted by Crippen LogP contribution is -2.19. The van der Waals surface area contributed by atoms with E-state index in [2.05, 4.69) is 52.8 Å². The molecule has 24 heavy (non-hydrogen) atoms. The fourth-order valence-corrected chi connectivity index (χ4v) is 2.66. The lowest BCUT2D eigenvalue weighted by Gasteiger charge is -2.07. The third-order valence-corrected chi connectivity index (χ3v) is 3.94. The molecule has 116 valence electrons. The first-order valence-electron chi connectivity index (χ1n) is 7.80. The van der Waals surface area contributed by atoms with E-state index in [1.54, 1.807) is 12.4 Å². The topological polar surface area (TPSA) is 49.6 Å². The summed E-state index contributed by atoms with van der Waals surface area (Å²) >= 11 is 0. The number of hydrazone groups is 1. The van der Waals surface area contributed by atoms with Gasteiger partial charge in [0.25, 0.3) is 0 Å². The van der Waals surface area contributed by atoms with Crippen LogP contribution in [0.2, 0.25) is 0 Å². The van der Waals surface area contributed by atoms with Crippen molar-refractivity contribution in [1.29, 1.82) is 0 Å². The van der Waals surface area contributed by atoms with Crippen molar-refractivity contribution in [2.75, 3.05) is 0 Å². The molecule has 0 unspecified atom stereocenters. The number of fused-ring (bicyclic) bond motifs is 1. The molecule has 1 aliphatic heterocycles. The van der Waals surface area contributed by atoms with Gasteiger partial charge in [-0.05, 0) is 25.1 Å². The first-order valence-corrected chi connectivity index (χ1v) is 7.80. The molecule has 0 bridgehead atoms. The lowest BCUT2D eigenvalue weighted by molar-refractivity contribution is 1.03. The van der Waals surface area contributed by atoms with Crippen LogP contribution in [0, 0.1) is 6.92 Å². The second kappa shape index (κ2) is 6.08. The van der Waals surface area contributed by atoms with Gasteiger partial charge in [0.15, 0.2) is 5.84 Å². The highest BCUT2D eigenvalue weighted by molar-refractivity contribution is 6.17. The summed E-state index contributed by atoms with van der Waals surface area (Å²) in [6, 6.07) is 20.3. The Labute approximate surface area is 140 Å². The zero-order valence-corrected chi connectivity index (χ0v) is 13.3. The predicted molar refractivity (Wildman–Crippen MR) is 96.8 cm³/mol. The molecule has 0 saturated carbocycles. The van der Waals surface area contributed by atoms with Crippen molar-refractivity contribution in [2.45, 2.75) is 6.92 Å². The van der Waals surface area contributed by atoms with Gasteiger partial charge >= 0.3 is 0 Å². The number of nitrogens with one attached hydrogen (secondary N) is 1. The van der Waals surface area contributed by atoms with Crippen molar-refractivity contribution in [1.82, 2.24) is 10.4 Å². The standard InChI is InChI=1S/C20H16N4/c1-14-6-8-15(9-7-14)19-17-4-2-3-5-18(17)22-20(24-23-19)16-10-12-21-13-11-16/h2-13H,1H3,(H,22,24). The molecule has 1 N–H and O–H groups in total. The summed E-state index contributed by atoms with van der Waals surface area (Å²) in [6.07, 6.45) is 3.50. The van der Waals surface area contributed by atoms with Gasteiger partial charge in [-0.1, -0.05) is 48.0 Å². The largest absolute Gasteiger partial charge is 0.265 e. The molecule has 0 atom stereocenters. The zero-order chi connectivity index (χ0) is 16.4. The number of para-hydroxylation sites is 1. The Morgan fingerprint density at radius 2 is 1.54 bits per heavy atom. The van der Waals surface area contributed by atoms with Crippen molar-refractivity contribution < 1.29 is 0 Å². The van der Waals surface area contributed by atoms with Crippen LogP contribution in [0.3, 0.4) is 0 Å². The average molecular weight is 312 g/mol. The highest BCUT2D eigenvalue weighted by Crippen LogP contribution is 2.25. The molecule has 2 aromatic carbocycles. The summed E-state index contributed by atoms with van der Waals surface area (Å²) in [5.41, 5.74) is 9.15. The van der Waals surface area contributed by atoms with Gasteiger partial charge in [0, 0.05) is 29.1 Å². The Morgan fingerprint density at radius 1 is 0.792 bits per heavy atom. The van der Waals surface area contributed by atoms with Crippen molar-refractivity contribution in [3.63, 3.8) is 0 Å². The van der Waals surface area contributed by atoms with E-state index in [0.717, 1.165) is 28.1 Å². The SMILES string of the molecule is Cc1ccc(C2=NNC(c3ccncc3)=Nc3ccccc32)cc1. The maximum Gasteiger partial charge on any atom is 0.154 e. The molecule has 4 nitrogen and oxygen atoms in total. The number of hydrogen-bond donors (Lipinski definition) is 1. The molecule has 2 heterocycles. The number of amidine groups is 1. The molecular weight excluding hydrogens is 296 g/mol. The molecule has 3 aromatic rings. The number of hydrogen-bond acceptors (Lipinski definition) is 4.